The number of amides is 1. The third kappa shape index (κ3) is 6.66. The topological polar surface area (TPSA) is 50.4 Å². The van der Waals surface area contributed by atoms with Gasteiger partial charge in [-0.2, -0.15) is 0 Å². The first kappa shape index (κ1) is 21.4. The molecule has 0 saturated carbocycles. The summed E-state index contributed by atoms with van der Waals surface area (Å²) in [5, 5.41) is 6.30. The minimum absolute atomic E-state index is 0.161. The molecule has 0 aromatic heterocycles. The van der Waals surface area contributed by atoms with Gasteiger partial charge in [-0.15, -0.1) is 0 Å². The smallest absolute Gasteiger partial charge is 0.257 e. The van der Waals surface area contributed by atoms with Crippen molar-refractivity contribution in [3.63, 3.8) is 0 Å². The fraction of sp³-hybridized carbons (Fsp3) is 0.269. The van der Waals surface area contributed by atoms with Crippen LogP contribution in [0.1, 0.15) is 49.4 Å². The molecule has 30 heavy (non-hydrogen) atoms. The number of nitrogens with one attached hydrogen (secondary N) is 2. The number of carbonyl (C=O) groups is 1. The number of unbranched alkanes of at least 4 members (excludes halogenated alkanes) is 4. The van der Waals surface area contributed by atoms with Crippen LogP contribution in [0.15, 0.2) is 78.9 Å². The van der Waals surface area contributed by atoms with Crippen molar-refractivity contribution in [1.29, 1.82) is 0 Å². The Kier molecular flexibility index (Phi) is 8.34. The van der Waals surface area contributed by atoms with Crippen LogP contribution in [-0.2, 0) is 0 Å². The standard InChI is InChI=1S/C26H30N2O2/c1-2-3-4-5-11-19-30-23-16-12-15-22(20-23)28-26(29)24-17-9-10-18-25(24)27-21-13-7-6-8-14-21/h6-10,12-18,20,27H,2-5,11,19H2,1H3,(H,28,29). The van der Waals surface area contributed by atoms with Crippen molar-refractivity contribution in [1.82, 2.24) is 0 Å². The second kappa shape index (κ2) is 11.7. The number of rotatable bonds is 11. The molecule has 4 nitrogen and oxygen atoms in total. The Morgan fingerprint density at radius 3 is 2.37 bits per heavy atom. The third-order valence-corrected chi connectivity index (χ3v) is 4.83. The maximum Gasteiger partial charge on any atom is 0.257 e. The summed E-state index contributed by atoms with van der Waals surface area (Å²) in [6.07, 6.45) is 6.02. The van der Waals surface area contributed by atoms with Crippen LogP contribution in [-0.4, -0.2) is 12.5 Å². The summed E-state index contributed by atoms with van der Waals surface area (Å²) in [5.41, 5.74) is 3.01. The van der Waals surface area contributed by atoms with Crippen molar-refractivity contribution in [2.24, 2.45) is 0 Å². The minimum atomic E-state index is -0.161. The quantitative estimate of drug-likeness (QED) is 0.338. The summed E-state index contributed by atoms with van der Waals surface area (Å²) < 4.78 is 5.85. The van der Waals surface area contributed by atoms with Gasteiger partial charge in [-0.05, 0) is 42.8 Å². The fourth-order valence-corrected chi connectivity index (χ4v) is 3.22. The van der Waals surface area contributed by atoms with Crippen LogP contribution < -0.4 is 15.4 Å². The summed E-state index contributed by atoms with van der Waals surface area (Å²) in [4.78, 5) is 12.9. The van der Waals surface area contributed by atoms with Gasteiger partial charge >= 0.3 is 0 Å². The maximum atomic E-state index is 12.9. The molecule has 0 bridgehead atoms. The van der Waals surface area contributed by atoms with E-state index in [4.69, 9.17) is 4.74 Å². The average molecular weight is 403 g/mol. The Labute approximate surface area is 179 Å². The van der Waals surface area contributed by atoms with Crippen molar-refractivity contribution >= 4 is 23.0 Å². The molecule has 0 atom stereocenters. The molecule has 0 aliphatic rings. The number of anilines is 3. The van der Waals surface area contributed by atoms with Crippen LogP contribution in [0.2, 0.25) is 0 Å². The second-order valence-electron chi connectivity index (χ2n) is 7.28. The first-order chi connectivity index (χ1) is 14.8. The lowest BCUT2D eigenvalue weighted by Gasteiger charge is -2.13. The lowest BCUT2D eigenvalue weighted by Crippen LogP contribution is -2.14. The van der Waals surface area contributed by atoms with E-state index < -0.39 is 0 Å². The van der Waals surface area contributed by atoms with E-state index in [1.165, 1.54) is 25.7 Å². The van der Waals surface area contributed by atoms with E-state index in [1.54, 1.807) is 0 Å². The highest BCUT2D eigenvalue weighted by Crippen LogP contribution is 2.23. The molecule has 3 aromatic carbocycles. The van der Waals surface area contributed by atoms with Gasteiger partial charge in [-0.1, -0.05) is 69.0 Å². The molecule has 0 saturated heterocycles. The first-order valence-corrected chi connectivity index (χ1v) is 10.7. The number of hydrogen-bond acceptors (Lipinski definition) is 3. The van der Waals surface area contributed by atoms with E-state index in [0.717, 1.165) is 29.2 Å². The van der Waals surface area contributed by atoms with Gasteiger partial charge in [0.1, 0.15) is 5.75 Å². The molecule has 0 aliphatic carbocycles. The summed E-state index contributed by atoms with van der Waals surface area (Å²) in [5.74, 6) is 0.615. The third-order valence-electron chi connectivity index (χ3n) is 4.83. The molecule has 0 unspecified atom stereocenters. The van der Waals surface area contributed by atoms with Gasteiger partial charge < -0.3 is 15.4 Å². The van der Waals surface area contributed by atoms with E-state index >= 15 is 0 Å². The molecular formula is C26H30N2O2. The Hall–Kier alpha value is -3.27. The first-order valence-electron chi connectivity index (χ1n) is 10.7. The van der Waals surface area contributed by atoms with Crippen LogP contribution in [0, 0.1) is 0 Å². The fourth-order valence-electron chi connectivity index (χ4n) is 3.22. The molecule has 3 aromatic rings. The van der Waals surface area contributed by atoms with Crippen LogP contribution in [0.4, 0.5) is 17.1 Å². The highest BCUT2D eigenvalue weighted by molar-refractivity contribution is 6.08. The van der Waals surface area contributed by atoms with E-state index in [-0.39, 0.29) is 5.91 Å². The van der Waals surface area contributed by atoms with E-state index in [1.807, 2.05) is 78.9 Å². The summed E-state index contributed by atoms with van der Waals surface area (Å²) in [6, 6.07) is 24.9. The molecule has 0 spiro atoms. The van der Waals surface area contributed by atoms with Crippen LogP contribution in [0.3, 0.4) is 0 Å². The lowest BCUT2D eigenvalue weighted by atomic mass is 10.1. The molecule has 0 heterocycles. The van der Waals surface area contributed by atoms with Crippen molar-refractivity contribution in [3.8, 4) is 5.75 Å². The largest absolute Gasteiger partial charge is 0.494 e. The lowest BCUT2D eigenvalue weighted by molar-refractivity contribution is 0.102. The molecule has 0 radical (unpaired) electrons. The zero-order valence-corrected chi connectivity index (χ0v) is 17.6. The number of benzene rings is 3. The van der Waals surface area contributed by atoms with Gasteiger partial charge in [-0.25, -0.2) is 0 Å². The van der Waals surface area contributed by atoms with Crippen LogP contribution >= 0.6 is 0 Å². The average Bonchev–Trinajstić information content (AvgIpc) is 2.77. The maximum absolute atomic E-state index is 12.9. The normalized spacial score (nSPS) is 10.4. The van der Waals surface area contributed by atoms with E-state index in [2.05, 4.69) is 17.6 Å². The van der Waals surface area contributed by atoms with Gasteiger partial charge in [0.05, 0.1) is 17.9 Å². The predicted molar refractivity (Wildman–Crippen MR) is 125 cm³/mol. The van der Waals surface area contributed by atoms with Gasteiger partial charge in [0.25, 0.3) is 5.91 Å². The zero-order chi connectivity index (χ0) is 21.0. The molecular weight excluding hydrogens is 372 g/mol. The molecule has 1 amide bonds. The molecule has 156 valence electrons. The number of hydrogen-bond donors (Lipinski definition) is 2. The summed E-state index contributed by atoms with van der Waals surface area (Å²) in [6.45, 7) is 2.91. The van der Waals surface area contributed by atoms with E-state index in [9.17, 15) is 4.79 Å². The van der Waals surface area contributed by atoms with Gasteiger partial charge in [0.15, 0.2) is 0 Å². The van der Waals surface area contributed by atoms with Gasteiger partial charge in [-0.3, -0.25) is 4.79 Å². The minimum Gasteiger partial charge on any atom is -0.494 e. The molecule has 2 N–H and O–H groups in total. The van der Waals surface area contributed by atoms with Crippen molar-refractivity contribution in [3.05, 3.63) is 84.4 Å². The van der Waals surface area contributed by atoms with Crippen molar-refractivity contribution in [2.45, 2.75) is 39.0 Å². The Bertz CT molecular complexity index is 925. The molecule has 4 heteroatoms. The Morgan fingerprint density at radius 2 is 1.53 bits per heavy atom. The van der Waals surface area contributed by atoms with Crippen molar-refractivity contribution in [2.75, 3.05) is 17.2 Å². The Morgan fingerprint density at radius 1 is 0.800 bits per heavy atom. The number of carbonyl (C=O) groups excluding carboxylic acids is 1. The SMILES string of the molecule is CCCCCCCOc1cccc(NC(=O)c2ccccc2Nc2ccccc2)c1. The summed E-state index contributed by atoms with van der Waals surface area (Å²) >= 11 is 0. The monoisotopic (exact) mass is 402 g/mol. The van der Waals surface area contributed by atoms with Crippen molar-refractivity contribution < 1.29 is 9.53 Å². The predicted octanol–water partition coefficient (Wildman–Crippen LogP) is 7.03. The Balaban J connectivity index is 1.60. The van der Waals surface area contributed by atoms with Gasteiger partial charge in [0, 0.05) is 17.4 Å². The molecule has 0 aliphatic heterocycles. The van der Waals surface area contributed by atoms with Gasteiger partial charge in [0.2, 0.25) is 0 Å². The number of ether oxygens (including phenoxy) is 1. The van der Waals surface area contributed by atoms with Crippen LogP contribution in [0.5, 0.6) is 5.75 Å². The van der Waals surface area contributed by atoms with Crippen LogP contribution in [0.25, 0.3) is 0 Å². The second-order valence-corrected chi connectivity index (χ2v) is 7.28. The molecule has 0 fully saturated rings. The highest BCUT2D eigenvalue weighted by Gasteiger charge is 2.12. The highest BCUT2D eigenvalue weighted by atomic mass is 16.5. The number of para-hydroxylation sites is 2. The molecule has 3 rings (SSSR count). The zero-order valence-electron chi connectivity index (χ0n) is 17.6. The van der Waals surface area contributed by atoms with E-state index in [0.29, 0.717) is 12.2 Å². The summed E-state index contributed by atoms with van der Waals surface area (Å²) in [7, 11) is 0.